The number of benzene rings is 1. The van der Waals surface area contributed by atoms with Crippen molar-refractivity contribution >= 4 is 23.1 Å². The minimum Gasteiger partial charge on any atom is -0.507 e. The number of ketones is 1. The van der Waals surface area contributed by atoms with Gasteiger partial charge in [-0.1, -0.05) is 11.6 Å². The van der Waals surface area contributed by atoms with E-state index in [4.69, 9.17) is 17.3 Å². The van der Waals surface area contributed by atoms with Crippen molar-refractivity contribution in [2.75, 3.05) is 5.73 Å². The molecule has 64 valence electrons. The van der Waals surface area contributed by atoms with Gasteiger partial charge in [0.2, 0.25) is 0 Å². The highest BCUT2D eigenvalue weighted by Gasteiger charge is 2.13. The number of rotatable bonds is 1. The first kappa shape index (κ1) is 8.87. The predicted octanol–water partition coefficient (Wildman–Crippen LogP) is 1.83. The van der Waals surface area contributed by atoms with Crippen LogP contribution in [-0.4, -0.2) is 10.9 Å². The summed E-state index contributed by atoms with van der Waals surface area (Å²) in [5.74, 6) is -0.438. The quantitative estimate of drug-likeness (QED) is 0.399. The Labute approximate surface area is 74.8 Å². The van der Waals surface area contributed by atoms with Crippen LogP contribution in [0.15, 0.2) is 12.1 Å². The maximum Gasteiger partial charge on any atom is 0.165 e. The number of aromatic hydroxyl groups is 1. The van der Waals surface area contributed by atoms with Crippen molar-refractivity contribution < 1.29 is 9.90 Å². The Kier molecular flexibility index (Phi) is 2.24. The normalized spacial score (nSPS) is 9.83. The van der Waals surface area contributed by atoms with Gasteiger partial charge >= 0.3 is 0 Å². The molecule has 0 heterocycles. The van der Waals surface area contributed by atoms with Crippen molar-refractivity contribution in [2.24, 2.45) is 0 Å². The van der Waals surface area contributed by atoms with E-state index in [2.05, 4.69) is 0 Å². The lowest BCUT2D eigenvalue weighted by molar-refractivity contribution is 0.101. The van der Waals surface area contributed by atoms with Crippen molar-refractivity contribution in [3.8, 4) is 5.75 Å². The van der Waals surface area contributed by atoms with Crippen LogP contribution in [-0.2, 0) is 0 Å². The van der Waals surface area contributed by atoms with Gasteiger partial charge in [0.1, 0.15) is 5.75 Å². The molecule has 12 heavy (non-hydrogen) atoms. The molecule has 3 nitrogen and oxygen atoms in total. The second kappa shape index (κ2) is 3.03. The first-order valence-electron chi connectivity index (χ1n) is 3.32. The number of halogens is 1. The lowest BCUT2D eigenvalue weighted by atomic mass is 10.1. The summed E-state index contributed by atoms with van der Waals surface area (Å²) in [5, 5.41) is 9.34. The molecule has 1 aromatic carbocycles. The number of carbonyl (C=O) groups is 1. The zero-order chi connectivity index (χ0) is 9.30. The van der Waals surface area contributed by atoms with Gasteiger partial charge in [-0.3, -0.25) is 4.79 Å². The molecule has 0 radical (unpaired) electrons. The van der Waals surface area contributed by atoms with Crippen LogP contribution < -0.4 is 5.73 Å². The van der Waals surface area contributed by atoms with E-state index in [0.717, 1.165) is 0 Å². The highest BCUT2D eigenvalue weighted by molar-refractivity contribution is 6.36. The number of Topliss-reactive ketones (excluding diaryl/α,β-unsaturated/α-hetero) is 1. The van der Waals surface area contributed by atoms with E-state index in [0.29, 0.717) is 5.69 Å². The summed E-state index contributed by atoms with van der Waals surface area (Å²) in [5.41, 5.74) is 5.80. The summed E-state index contributed by atoms with van der Waals surface area (Å²) in [6.07, 6.45) is 0. The fourth-order valence-electron chi connectivity index (χ4n) is 0.917. The van der Waals surface area contributed by atoms with Gasteiger partial charge in [0.15, 0.2) is 5.78 Å². The van der Waals surface area contributed by atoms with Crippen LogP contribution in [0.4, 0.5) is 5.69 Å². The third-order valence-electron chi connectivity index (χ3n) is 1.50. The highest BCUT2D eigenvalue weighted by atomic mass is 35.5. The van der Waals surface area contributed by atoms with Gasteiger partial charge in [-0.25, -0.2) is 0 Å². The molecule has 0 fully saturated rings. The second-order valence-electron chi connectivity index (χ2n) is 2.42. The minimum absolute atomic E-state index is 0.0802. The van der Waals surface area contributed by atoms with Crippen molar-refractivity contribution in [1.29, 1.82) is 0 Å². The first-order valence-corrected chi connectivity index (χ1v) is 3.69. The molecule has 0 spiro atoms. The number of hydrogen-bond donors (Lipinski definition) is 2. The molecule has 0 amide bonds. The van der Waals surface area contributed by atoms with Crippen LogP contribution in [0.5, 0.6) is 5.75 Å². The number of carbonyl (C=O) groups excluding carboxylic acids is 1. The third-order valence-corrected chi connectivity index (χ3v) is 1.91. The van der Waals surface area contributed by atoms with E-state index in [9.17, 15) is 9.90 Å². The summed E-state index contributed by atoms with van der Waals surface area (Å²) in [4.78, 5) is 10.9. The monoisotopic (exact) mass is 185 g/mol. The second-order valence-corrected chi connectivity index (χ2v) is 2.80. The average molecular weight is 186 g/mol. The molecule has 0 bridgehead atoms. The summed E-state index contributed by atoms with van der Waals surface area (Å²) in [7, 11) is 0. The average Bonchev–Trinajstić information content (AvgIpc) is 1.97. The number of nitrogens with two attached hydrogens (primary N) is 1. The molecule has 0 saturated carbocycles. The molecule has 1 aromatic rings. The van der Waals surface area contributed by atoms with Gasteiger partial charge in [-0.05, 0) is 19.1 Å². The minimum atomic E-state index is -0.301. The van der Waals surface area contributed by atoms with Crippen LogP contribution in [0.1, 0.15) is 17.3 Å². The summed E-state index contributed by atoms with van der Waals surface area (Å²) < 4.78 is 0. The zero-order valence-corrected chi connectivity index (χ0v) is 7.22. The molecular weight excluding hydrogens is 178 g/mol. The van der Waals surface area contributed by atoms with E-state index in [1.54, 1.807) is 0 Å². The van der Waals surface area contributed by atoms with Crippen LogP contribution >= 0.6 is 11.6 Å². The fraction of sp³-hybridized carbons (Fsp3) is 0.125. The number of phenols is 1. The van der Waals surface area contributed by atoms with E-state index in [1.807, 2.05) is 0 Å². The van der Waals surface area contributed by atoms with Gasteiger partial charge in [0.05, 0.1) is 16.3 Å². The van der Waals surface area contributed by atoms with E-state index in [1.165, 1.54) is 19.1 Å². The van der Waals surface area contributed by atoms with E-state index in [-0.39, 0.29) is 22.1 Å². The van der Waals surface area contributed by atoms with Gasteiger partial charge in [0, 0.05) is 0 Å². The standard InChI is InChI=1S/C8H8ClNO2/c1-4(11)7-6(12)3-2-5(10)8(7)9/h2-3,12H,10H2,1H3. The maximum atomic E-state index is 10.9. The molecule has 0 unspecified atom stereocenters. The number of anilines is 1. The Hall–Kier alpha value is -1.22. The van der Waals surface area contributed by atoms with Gasteiger partial charge in [-0.2, -0.15) is 0 Å². The third kappa shape index (κ3) is 1.36. The first-order chi connectivity index (χ1) is 5.54. The van der Waals surface area contributed by atoms with Gasteiger partial charge < -0.3 is 10.8 Å². The maximum absolute atomic E-state index is 10.9. The summed E-state index contributed by atoms with van der Waals surface area (Å²) >= 11 is 5.69. The Morgan fingerprint density at radius 2 is 2.17 bits per heavy atom. The van der Waals surface area contributed by atoms with Gasteiger partial charge in [0.25, 0.3) is 0 Å². The fourth-order valence-corrected chi connectivity index (χ4v) is 1.21. The van der Waals surface area contributed by atoms with Gasteiger partial charge in [-0.15, -0.1) is 0 Å². The molecule has 0 aromatic heterocycles. The molecule has 4 heteroatoms. The topological polar surface area (TPSA) is 63.3 Å². The molecule has 0 aliphatic rings. The lowest BCUT2D eigenvalue weighted by Gasteiger charge is -2.04. The SMILES string of the molecule is CC(=O)c1c(O)ccc(N)c1Cl. The van der Waals surface area contributed by atoms with Crippen molar-refractivity contribution in [3.63, 3.8) is 0 Å². The zero-order valence-electron chi connectivity index (χ0n) is 6.47. The Balaban J connectivity index is 3.43. The number of nitrogen functional groups attached to an aromatic ring is 1. The highest BCUT2D eigenvalue weighted by Crippen LogP contribution is 2.30. The van der Waals surface area contributed by atoms with Crippen molar-refractivity contribution in [3.05, 3.63) is 22.7 Å². The Bertz CT molecular complexity index is 336. The van der Waals surface area contributed by atoms with Crippen LogP contribution in [0, 0.1) is 0 Å². The molecule has 1 rings (SSSR count). The molecule has 0 saturated heterocycles. The number of phenolic OH excluding ortho intramolecular Hbond substituents is 1. The van der Waals surface area contributed by atoms with Crippen molar-refractivity contribution in [1.82, 2.24) is 0 Å². The molecule has 0 atom stereocenters. The lowest BCUT2D eigenvalue weighted by Crippen LogP contribution is -1.97. The molecule has 3 N–H and O–H groups in total. The largest absolute Gasteiger partial charge is 0.507 e. The summed E-state index contributed by atoms with van der Waals surface area (Å²) in [6, 6.07) is 2.79. The van der Waals surface area contributed by atoms with Crippen LogP contribution in [0.25, 0.3) is 0 Å². The number of hydrogen-bond acceptors (Lipinski definition) is 3. The summed E-state index contributed by atoms with van der Waals surface area (Å²) in [6.45, 7) is 1.32. The molecular formula is C8H8ClNO2. The Morgan fingerprint density at radius 3 is 2.58 bits per heavy atom. The van der Waals surface area contributed by atoms with Crippen LogP contribution in [0.2, 0.25) is 5.02 Å². The predicted molar refractivity (Wildman–Crippen MR) is 47.5 cm³/mol. The van der Waals surface area contributed by atoms with E-state index < -0.39 is 0 Å². The molecule has 0 aliphatic carbocycles. The molecule has 0 aliphatic heterocycles. The van der Waals surface area contributed by atoms with Crippen molar-refractivity contribution in [2.45, 2.75) is 6.92 Å². The van der Waals surface area contributed by atoms with Crippen LogP contribution in [0.3, 0.4) is 0 Å². The Morgan fingerprint density at radius 1 is 1.58 bits per heavy atom. The smallest absolute Gasteiger partial charge is 0.165 e. The van der Waals surface area contributed by atoms with E-state index >= 15 is 0 Å².